The number of benzene rings is 2. The lowest BCUT2D eigenvalue weighted by molar-refractivity contribution is -0.116. The third kappa shape index (κ3) is 3.71. The minimum absolute atomic E-state index is 0.129. The van der Waals surface area contributed by atoms with E-state index in [2.05, 4.69) is 15.5 Å². The second-order valence-corrected chi connectivity index (χ2v) is 6.65. The summed E-state index contributed by atoms with van der Waals surface area (Å²) >= 11 is 0. The van der Waals surface area contributed by atoms with E-state index in [1.54, 1.807) is 16.4 Å². The van der Waals surface area contributed by atoms with Gasteiger partial charge >= 0.3 is 0 Å². The van der Waals surface area contributed by atoms with Gasteiger partial charge in [-0.3, -0.25) is 14.2 Å². The van der Waals surface area contributed by atoms with Crippen molar-refractivity contribution in [2.24, 2.45) is 7.05 Å². The molecule has 28 heavy (non-hydrogen) atoms. The Bertz CT molecular complexity index is 1150. The van der Waals surface area contributed by atoms with Crippen molar-refractivity contribution in [2.45, 2.75) is 13.5 Å². The van der Waals surface area contributed by atoms with Gasteiger partial charge in [-0.25, -0.2) is 0 Å². The highest BCUT2D eigenvalue weighted by atomic mass is 16.2. The van der Waals surface area contributed by atoms with E-state index < -0.39 is 0 Å². The van der Waals surface area contributed by atoms with Crippen LogP contribution in [0.3, 0.4) is 0 Å². The summed E-state index contributed by atoms with van der Waals surface area (Å²) in [6.45, 7) is 2.02. The number of nitrogens with one attached hydrogen (secondary N) is 1. The molecule has 6 heteroatoms. The van der Waals surface area contributed by atoms with Crippen LogP contribution in [0.25, 0.3) is 23.1 Å². The van der Waals surface area contributed by atoms with E-state index in [0.717, 1.165) is 27.9 Å². The number of nitrogens with zero attached hydrogens (tertiary/aromatic N) is 4. The van der Waals surface area contributed by atoms with Crippen molar-refractivity contribution in [2.75, 3.05) is 5.32 Å². The number of carbonyl (C=O) groups excluding carboxylic acids is 1. The highest BCUT2D eigenvalue weighted by Gasteiger charge is 2.13. The Balaban J connectivity index is 1.60. The Morgan fingerprint density at radius 3 is 2.54 bits per heavy atom. The molecular formula is C22H21N5O. The van der Waals surface area contributed by atoms with Gasteiger partial charge in [-0.2, -0.15) is 10.2 Å². The molecule has 0 saturated heterocycles. The van der Waals surface area contributed by atoms with Crippen LogP contribution in [-0.4, -0.2) is 25.5 Å². The predicted molar refractivity (Wildman–Crippen MR) is 112 cm³/mol. The molecule has 0 aliphatic carbocycles. The number of aryl methyl sites for hydroxylation is 2. The molecule has 2 aromatic carbocycles. The Labute approximate surface area is 163 Å². The fraction of sp³-hybridized carbons (Fsp3) is 0.136. The Morgan fingerprint density at radius 2 is 1.79 bits per heavy atom. The first-order chi connectivity index (χ1) is 13.6. The van der Waals surface area contributed by atoms with Crippen LogP contribution in [0, 0.1) is 6.92 Å². The zero-order valence-corrected chi connectivity index (χ0v) is 15.8. The fourth-order valence-electron chi connectivity index (χ4n) is 3.18. The molecule has 140 valence electrons. The van der Waals surface area contributed by atoms with E-state index in [1.807, 2.05) is 79.7 Å². The number of hydrogen-bond acceptors (Lipinski definition) is 3. The van der Waals surface area contributed by atoms with Gasteiger partial charge in [0, 0.05) is 18.5 Å². The van der Waals surface area contributed by atoms with Crippen molar-refractivity contribution in [3.8, 4) is 0 Å². The van der Waals surface area contributed by atoms with E-state index in [0.29, 0.717) is 5.82 Å². The largest absolute Gasteiger partial charge is 0.309 e. The molecule has 4 aromatic rings. The number of aromatic nitrogens is 4. The van der Waals surface area contributed by atoms with E-state index in [9.17, 15) is 4.79 Å². The van der Waals surface area contributed by atoms with Crippen LogP contribution < -0.4 is 5.32 Å². The van der Waals surface area contributed by atoms with Crippen molar-refractivity contribution >= 4 is 34.8 Å². The number of rotatable bonds is 5. The second kappa shape index (κ2) is 7.52. The molecule has 0 aliphatic rings. The molecule has 0 fully saturated rings. The van der Waals surface area contributed by atoms with Gasteiger partial charge in [-0.1, -0.05) is 54.6 Å². The quantitative estimate of drug-likeness (QED) is 0.579. The summed E-state index contributed by atoms with van der Waals surface area (Å²) in [6, 6.07) is 19.8. The van der Waals surface area contributed by atoms with Crippen LogP contribution in [-0.2, 0) is 18.4 Å². The fourth-order valence-corrected chi connectivity index (χ4v) is 3.18. The molecule has 0 radical (unpaired) electrons. The average molecular weight is 371 g/mol. The maximum absolute atomic E-state index is 12.5. The van der Waals surface area contributed by atoms with Gasteiger partial charge < -0.3 is 5.32 Å². The van der Waals surface area contributed by atoms with E-state index in [4.69, 9.17) is 0 Å². The van der Waals surface area contributed by atoms with Crippen molar-refractivity contribution in [1.29, 1.82) is 0 Å². The third-order valence-corrected chi connectivity index (χ3v) is 4.48. The number of amides is 1. The molecule has 0 saturated carbocycles. The predicted octanol–water partition coefficient (Wildman–Crippen LogP) is 3.89. The Kier molecular flexibility index (Phi) is 4.76. The van der Waals surface area contributed by atoms with E-state index >= 15 is 0 Å². The molecule has 6 nitrogen and oxygen atoms in total. The first-order valence-electron chi connectivity index (χ1n) is 9.09. The van der Waals surface area contributed by atoms with Crippen molar-refractivity contribution in [1.82, 2.24) is 19.6 Å². The molecule has 2 heterocycles. The summed E-state index contributed by atoms with van der Waals surface area (Å²) in [4.78, 5) is 12.5. The van der Waals surface area contributed by atoms with Crippen LogP contribution in [0.4, 0.5) is 5.82 Å². The zero-order valence-electron chi connectivity index (χ0n) is 15.8. The van der Waals surface area contributed by atoms with Gasteiger partial charge in [0.05, 0.1) is 16.9 Å². The van der Waals surface area contributed by atoms with Crippen LogP contribution in [0.1, 0.15) is 17.0 Å². The van der Waals surface area contributed by atoms with Gasteiger partial charge in [-0.05, 0) is 24.6 Å². The third-order valence-electron chi connectivity index (χ3n) is 4.48. The zero-order chi connectivity index (χ0) is 19.5. The van der Waals surface area contributed by atoms with Crippen LogP contribution in [0.5, 0.6) is 0 Å². The van der Waals surface area contributed by atoms with Crippen molar-refractivity contribution in [3.05, 3.63) is 77.6 Å². The number of fused-ring (bicyclic) bond motifs is 1. The summed E-state index contributed by atoms with van der Waals surface area (Å²) < 4.78 is 3.39. The highest BCUT2D eigenvalue weighted by molar-refractivity contribution is 5.93. The maximum atomic E-state index is 12.5. The number of para-hydroxylation sites is 1. The molecule has 2 aromatic heterocycles. The van der Waals surface area contributed by atoms with E-state index in [-0.39, 0.29) is 12.5 Å². The summed E-state index contributed by atoms with van der Waals surface area (Å²) in [6.07, 6.45) is 4.01. The number of anilines is 1. The molecule has 0 aliphatic heterocycles. The lowest BCUT2D eigenvalue weighted by Gasteiger charge is -2.06. The molecular weight excluding hydrogens is 350 g/mol. The smallest absolute Gasteiger partial charge is 0.247 e. The Morgan fingerprint density at radius 1 is 1.04 bits per heavy atom. The molecule has 0 unspecified atom stereocenters. The average Bonchev–Trinajstić information content (AvgIpc) is 3.20. The topological polar surface area (TPSA) is 64.7 Å². The first-order valence-corrected chi connectivity index (χ1v) is 9.09. The lowest BCUT2D eigenvalue weighted by atomic mass is 10.1. The van der Waals surface area contributed by atoms with E-state index in [1.165, 1.54) is 0 Å². The van der Waals surface area contributed by atoms with Gasteiger partial charge in [0.1, 0.15) is 12.4 Å². The molecule has 0 atom stereocenters. The number of hydrogen-bond donors (Lipinski definition) is 1. The monoisotopic (exact) mass is 371 g/mol. The van der Waals surface area contributed by atoms with Crippen LogP contribution >= 0.6 is 0 Å². The van der Waals surface area contributed by atoms with Gasteiger partial charge in [0.2, 0.25) is 5.91 Å². The Hall–Kier alpha value is -3.67. The highest BCUT2D eigenvalue weighted by Crippen LogP contribution is 2.21. The van der Waals surface area contributed by atoms with Crippen molar-refractivity contribution in [3.63, 3.8) is 0 Å². The van der Waals surface area contributed by atoms with Crippen molar-refractivity contribution < 1.29 is 4.79 Å². The first kappa shape index (κ1) is 17.7. The molecule has 0 bridgehead atoms. The normalized spacial score (nSPS) is 11.4. The van der Waals surface area contributed by atoms with Gasteiger partial charge in [0.25, 0.3) is 0 Å². The standard InChI is InChI=1S/C22H21N5O/c1-16-14-21(26(2)24-16)23-22(28)15-27-20-11-7-6-10-18(20)19(25-27)13-12-17-8-4-3-5-9-17/h3-14H,15H2,1-2H3,(H,23,28)/b13-12+. The van der Waals surface area contributed by atoms with Crippen LogP contribution in [0.2, 0.25) is 0 Å². The summed E-state index contributed by atoms with van der Waals surface area (Å²) in [5.41, 5.74) is 3.72. The van der Waals surface area contributed by atoms with Crippen LogP contribution in [0.15, 0.2) is 60.7 Å². The second-order valence-electron chi connectivity index (χ2n) is 6.65. The minimum atomic E-state index is -0.144. The van der Waals surface area contributed by atoms with Gasteiger partial charge in [0.15, 0.2) is 0 Å². The molecule has 1 amide bonds. The number of carbonyl (C=O) groups is 1. The minimum Gasteiger partial charge on any atom is -0.309 e. The molecule has 0 spiro atoms. The summed E-state index contributed by atoms with van der Waals surface area (Å²) in [5, 5.41) is 12.8. The summed E-state index contributed by atoms with van der Waals surface area (Å²) in [5.74, 6) is 0.526. The van der Waals surface area contributed by atoms with Gasteiger partial charge in [-0.15, -0.1) is 0 Å². The SMILES string of the molecule is Cc1cc(NC(=O)Cn2nc(/C=C/c3ccccc3)c3ccccc32)n(C)n1. The maximum Gasteiger partial charge on any atom is 0.247 e. The lowest BCUT2D eigenvalue weighted by Crippen LogP contribution is -2.21. The summed E-state index contributed by atoms with van der Waals surface area (Å²) in [7, 11) is 1.80. The molecule has 4 rings (SSSR count). The molecule has 1 N–H and O–H groups in total.